The van der Waals surface area contributed by atoms with Gasteiger partial charge in [-0.05, 0) is 0 Å². The van der Waals surface area contributed by atoms with Gasteiger partial charge in [0.15, 0.2) is 0 Å². The van der Waals surface area contributed by atoms with Gasteiger partial charge in [-0.25, -0.2) is 0 Å². The summed E-state index contributed by atoms with van der Waals surface area (Å²) in [5.41, 5.74) is 0. The van der Waals surface area contributed by atoms with Gasteiger partial charge in [0.2, 0.25) is 0 Å². The van der Waals surface area contributed by atoms with Crippen LogP contribution >= 0.6 is 11.6 Å². The Balaban J connectivity index is 2.90. The minimum absolute atomic E-state index is 0.832. The first-order valence-corrected chi connectivity index (χ1v) is 16.4. The first-order valence-electron chi connectivity index (χ1n) is 8.40. The van der Waals surface area contributed by atoms with Crippen LogP contribution in [-0.4, -0.2) is 24.3 Å². The van der Waals surface area contributed by atoms with Crippen molar-refractivity contribution in [3.05, 3.63) is 30.3 Å². The van der Waals surface area contributed by atoms with Crippen molar-refractivity contribution in [3.8, 4) is 0 Å². The van der Waals surface area contributed by atoms with Gasteiger partial charge >= 0.3 is 135 Å². The van der Waals surface area contributed by atoms with E-state index in [0.29, 0.717) is 0 Å². The van der Waals surface area contributed by atoms with Crippen LogP contribution in [0.3, 0.4) is 0 Å². The summed E-state index contributed by atoms with van der Waals surface area (Å²) in [6, 6.07) is 11.5. The fourth-order valence-electron chi connectivity index (χ4n) is 3.19. The van der Waals surface area contributed by atoms with E-state index < -0.39 is 18.4 Å². The van der Waals surface area contributed by atoms with E-state index in [1.165, 1.54) is 51.8 Å². The van der Waals surface area contributed by atoms with Crippen molar-refractivity contribution >= 4 is 33.6 Å². The zero-order valence-corrected chi connectivity index (χ0v) is 16.9. The molecule has 20 heavy (non-hydrogen) atoms. The SMILES string of the molecule is CCC[CH2][Sn]([CH2]CCC)([CH2]CCCCl)[c]1ccccc1. The summed E-state index contributed by atoms with van der Waals surface area (Å²) >= 11 is 3.73. The molecule has 1 aromatic carbocycles. The molecule has 1 rings (SSSR count). The van der Waals surface area contributed by atoms with Crippen LogP contribution in [-0.2, 0) is 0 Å². The molecule has 0 bridgehead atoms. The molecule has 0 spiro atoms. The molecule has 0 unspecified atom stereocenters. The van der Waals surface area contributed by atoms with Gasteiger partial charge in [-0.15, -0.1) is 0 Å². The first-order chi connectivity index (χ1) is 9.79. The molecular formula is C18H31ClSn. The van der Waals surface area contributed by atoms with Gasteiger partial charge in [-0.1, -0.05) is 0 Å². The molecular weight excluding hydrogens is 370 g/mol. The predicted octanol–water partition coefficient (Wildman–Crippen LogP) is 5.96. The van der Waals surface area contributed by atoms with Crippen LogP contribution in [0.15, 0.2) is 30.3 Å². The Labute approximate surface area is 135 Å². The van der Waals surface area contributed by atoms with Gasteiger partial charge in [-0.3, -0.25) is 0 Å². The monoisotopic (exact) mass is 402 g/mol. The van der Waals surface area contributed by atoms with Gasteiger partial charge in [0.1, 0.15) is 0 Å². The molecule has 0 heterocycles. The van der Waals surface area contributed by atoms with E-state index in [1.54, 1.807) is 3.58 Å². The summed E-state index contributed by atoms with van der Waals surface area (Å²) in [5, 5.41) is 0. The van der Waals surface area contributed by atoms with Crippen LogP contribution < -0.4 is 3.58 Å². The maximum atomic E-state index is 5.91. The van der Waals surface area contributed by atoms with Crippen molar-refractivity contribution in [2.75, 3.05) is 5.88 Å². The zero-order chi connectivity index (χ0) is 14.7. The van der Waals surface area contributed by atoms with E-state index in [0.717, 1.165) is 5.88 Å². The Hall–Kier alpha value is 0.309. The van der Waals surface area contributed by atoms with E-state index in [4.69, 9.17) is 11.6 Å². The molecule has 0 radical (unpaired) electrons. The summed E-state index contributed by atoms with van der Waals surface area (Å²) in [5.74, 6) is 0.832. The number of hydrogen-bond donors (Lipinski definition) is 0. The predicted molar refractivity (Wildman–Crippen MR) is 96.0 cm³/mol. The van der Waals surface area contributed by atoms with E-state index in [1.807, 2.05) is 0 Å². The van der Waals surface area contributed by atoms with E-state index in [-0.39, 0.29) is 0 Å². The summed E-state index contributed by atoms with van der Waals surface area (Å²) in [7, 11) is 0. The molecule has 0 saturated heterocycles. The number of benzene rings is 1. The molecule has 0 nitrogen and oxygen atoms in total. The van der Waals surface area contributed by atoms with E-state index in [2.05, 4.69) is 44.2 Å². The second-order valence-electron chi connectivity index (χ2n) is 6.00. The van der Waals surface area contributed by atoms with Gasteiger partial charge in [0, 0.05) is 0 Å². The molecule has 0 aromatic heterocycles. The Morgan fingerprint density at radius 2 is 1.35 bits per heavy atom. The molecule has 0 aliphatic rings. The summed E-state index contributed by atoms with van der Waals surface area (Å²) in [6.07, 6.45) is 8.08. The quantitative estimate of drug-likeness (QED) is 0.244. The molecule has 2 heteroatoms. The number of unbranched alkanes of at least 4 members (excludes halogenated alkanes) is 3. The third kappa shape index (κ3) is 5.97. The Kier molecular flexibility index (Phi) is 10.1. The number of alkyl halides is 1. The fraction of sp³-hybridized carbons (Fsp3) is 0.667. The van der Waals surface area contributed by atoms with Crippen LogP contribution in [0, 0.1) is 0 Å². The van der Waals surface area contributed by atoms with Crippen molar-refractivity contribution in [1.82, 2.24) is 0 Å². The Morgan fingerprint density at radius 3 is 1.85 bits per heavy atom. The number of halogens is 1. The average Bonchev–Trinajstić information content (AvgIpc) is 2.51. The molecule has 0 fully saturated rings. The third-order valence-electron chi connectivity index (χ3n) is 4.44. The van der Waals surface area contributed by atoms with Crippen LogP contribution in [0.5, 0.6) is 0 Å². The van der Waals surface area contributed by atoms with E-state index >= 15 is 0 Å². The van der Waals surface area contributed by atoms with Gasteiger partial charge in [-0.2, -0.15) is 0 Å². The zero-order valence-electron chi connectivity index (χ0n) is 13.3. The van der Waals surface area contributed by atoms with E-state index in [9.17, 15) is 0 Å². The van der Waals surface area contributed by atoms with Crippen LogP contribution in [0.4, 0.5) is 0 Å². The second-order valence-corrected chi connectivity index (χ2v) is 19.6. The van der Waals surface area contributed by atoms with Crippen molar-refractivity contribution in [2.24, 2.45) is 0 Å². The van der Waals surface area contributed by atoms with Crippen molar-refractivity contribution in [3.63, 3.8) is 0 Å². The first kappa shape index (κ1) is 18.4. The molecule has 0 N–H and O–H groups in total. The fourth-order valence-corrected chi connectivity index (χ4v) is 19.1. The molecule has 1 aromatic rings. The van der Waals surface area contributed by atoms with Crippen molar-refractivity contribution < 1.29 is 0 Å². The van der Waals surface area contributed by atoms with Crippen LogP contribution in [0.25, 0.3) is 0 Å². The minimum atomic E-state index is -2.18. The topological polar surface area (TPSA) is 0 Å². The standard InChI is InChI=1S/C6H5.C4H8Cl.2C4H9.Sn/c1-2-4-6-5-3-1;1-2-3-4-5;2*1-3-4-2;/h1-5H;1-4H2;2*1,3-4H2,2H3;. The molecule has 0 atom stereocenters. The number of hydrogen-bond acceptors (Lipinski definition) is 0. The Morgan fingerprint density at radius 1 is 0.800 bits per heavy atom. The molecule has 0 saturated carbocycles. The van der Waals surface area contributed by atoms with Crippen molar-refractivity contribution in [2.45, 2.75) is 65.7 Å². The Bertz CT molecular complexity index is 329. The average molecular weight is 402 g/mol. The molecule has 0 aliphatic heterocycles. The molecule has 114 valence electrons. The van der Waals surface area contributed by atoms with Gasteiger partial charge < -0.3 is 0 Å². The third-order valence-corrected chi connectivity index (χ3v) is 20.4. The van der Waals surface area contributed by atoms with Crippen LogP contribution in [0.1, 0.15) is 52.4 Å². The number of rotatable bonds is 11. The van der Waals surface area contributed by atoms with Crippen LogP contribution in [0.2, 0.25) is 13.3 Å². The molecule has 0 amide bonds. The van der Waals surface area contributed by atoms with Crippen molar-refractivity contribution in [1.29, 1.82) is 0 Å². The maximum absolute atomic E-state index is 5.91. The molecule has 0 aliphatic carbocycles. The second kappa shape index (κ2) is 11.0. The normalized spacial score (nSPS) is 11.8. The van der Waals surface area contributed by atoms with Gasteiger partial charge in [0.25, 0.3) is 0 Å². The summed E-state index contributed by atoms with van der Waals surface area (Å²) in [4.78, 5) is 0. The van der Waals surface area contributed by atoms with Gasteiger partial charge in [0.05, 0.1) is 0 Å². The summed E-state index contributed by atoms with van der Waals surface area (Å²) < 4.78 is 6.35. The summed E-state index contributed by atoms with van der Waals surface area (Å²) in [6.45, 7) is 4.67.